The third-order valence-electron chi connectivity index (χ3n) is 3.45. The molecule has 2 aromatic rings. The molecular formula is C18H18BrFN2O4. The van der Waals surface area contributed by atoms with Gasteiger partial charge < -0.3 is 20.1 Å². The van der Waals surface area contributed by atoms with Crippen LogP contribution in [0, 0.1) is 5.82 Å². The van der Waals surface area contributed by atoms with E-state index in [1.807, 2.05) is 0 Å². The Kier molecular flexibility index (Phi) is 6.97. The quantitative estimate of drug-likeness (QED) is 0.714. The van der Waals surface area contributed by atoms with Gasteiger partial charge in [0.2, 0.25) is 5.91 Å². The molecular weight excluding hydrogens is 407 g/mol. The number of anilines is 1. The highest BCUT2D eigenvalue weighted by Gasteiger charge is 2.12. The lowest BCUT2D eigenvalue weighted by atomic mass is 10.2. The molecule has 0 fully saturated rings. The van der Waals surface area contributed by atoms with E-state index in [2.05, 4.69) is 26.6 Å². The number of benzene rings is 2. The van der Waals surface area contributed by atoms with Crippen LogP contribution >= 0.6 is 15.9 Å². The number of hydrogen-bond acceptors (Lipinski definition) is 4. The van der Waals surface area contributed by atoms with E-state index in [1.165, 1.54) is 26.4 Å². The van der Waals surface area contributed by atoms with E-state index in [4.69, 9.17) is 9.47 Å². The first-order valence-corrected chi connectivity index (χ1v) is 8.48. The number of carbonyl (C=O) groups excluding carboxylic acids is 2. The van der Waals surface area contributed by atoms with Crippen molar-refractivity contribution in [3.8, 4) is 11.5 Å². The lowest BCUT2D eigenvalue weighted by molar-refractivity contribution is -0.116. The molecule has 0 unspecified atom stereocenters. The van der Waals surface area contributed by atoms with Gasteiger partial charge in [0.15, 0.2) is 0 Å². The molecule has 0 aromatic heterocycles. The molecule has 0 saturated heterocycles. The average Bonchev–Trinajstić information content (AvgIpc) is 2.63. The molecule has 2 N–H and O–H groups in total. The molecule has 2 amide bonds. The first-order valence-electron chi connectivity index (χ1n) is 7.69. The molecule has 0 aliphatic rings. The van der Waals surface area contributed by atoms with E-state index in [9.17, 15) is 14.0 Å². The molecule has 0 heterocycles. The first kappa shape index (κ1) is 19.7. The van der Waals surface area contributed by atoms with Crippen LogP contribution in [0.5, 0.6) is 11.5 Å². The Morgan fingerprint density at radius 2 is 1.73 bits per heavy atom. The summed E-state index contributed by atoms with van der Waals surface area (Å²) in [7, 11) is 3.03. The van der Waals surface area contributed by atoms with Gasteiger partial charge in [-0.15, -0.1) is 0 Å². The molecule has 8 heteroatoms. The van der Waals surface area contributed by atoms with Crippen LogP contribution in [0.15, 0.2) is 40.9 Å². The van der Waals surface area contributed by atoms with Gasteiger partial charge in [0, 0.05) is 41.3 Å². The molecule has 2 aromatic carbocycles. The third-order valence-corrected chi connectivity index (χ3v) is 4.14. The minimum absolute atomic E-state index is 0.0538. The number of ether oxygens (including phenoxy) is 2. The van der Waals surface area contributed by atoms with E-state index >= 15 is 0 Å². The van der Waals surface area contributed by atoms with Crippen molar-refractivity contribution in [1.82, 2.24) is 5.32 Å². The Bertz CT molecular complexity index is 792. The van der Waals surface area contributed by atoms with Crippen molar-refractivity contribution in [2.75, 3.05) is 26.1 Å². The van der Waals surface area contributed by atoms with Crippen molar-refractivity contribution in [3.05, 3.63) is 52.3 Å². The van der Waals surface area contributed by atoms with Crippen LogP contribution in [0.25, 0.3) is 0 Å². The molecule has 0 saturated carbocycles. The fourth-order valence-corrected chi connectivity index (χ4v) is 2.59. The zero-order valence-corrected chi connectivity index (χ0v) is 15.9. The predicted octanol–water partition coefficient (Wildman–Crippen LogP) is 3.36. The summed E-state index contributed by atoms with van der Waals surface area (Å²) in [6.45, 7) is 0.106. The van der Waals surface area contributed by atoms with Crippen LogP contribution in [-0.4, -0.2) is 32.6 Å². The van der Waals surface area contributed by atoms with Gasteiger partial charge in [0.25, 0.3) is 5.91 Å². The zero-order chi connectivity index (χ0) is 19.1. The van der Waals surface area contributed by atoms with Crippen LogP contribution in [-0.2, 0) is 4.79 Å². The van der Waals surface area contributed by atoms with E-state index in [-0.39, 0.29) is 24.4 Å². The molecule has 0 atom stereocenters. The van der Waals surface area contributed by atoms with E-state index in [0.29, 0.717) is 21.7 Å². The van der Waals surface area contributed by atoms with Gasteiger partial charge in [-0.05, 0) is 34.1 Å². The fraction of sp³-hybridized carbons (Fsp3) is 0.222. The smallest absolute Gasteiger partial charge is 0.252 e. The molecule has 0 aliphatic heterocycles. The summed E-state index contributed by atoms with van der Waals surface area (Å²) in [5.41, 5.74) is 0.688. The minimum Gasteiger partial charge on any atom is -0.497 e. The maximum absolute atomic E-state index is 13.2. The van der Waals surface area contributed by atoms with Crippen LogP contribution in [0.3, 0.4) is 0 Å². The number of methoxy groups -OCH3 is 2. The highest BCUT2D eigenvalue weighted by atomic mass is 79.9. The highest BCUT2D eigenvalue weighted by Crippen LogP contribution is 2.25. The Hall–Kier alpha value is -2.61. The van der Waals surface area contributed by atoms with E-state index in [0.717, 1.165) is 6.07 Å². The van der Waals surface area contributed by atoms with Crippen molar-refractivity contribution in [1.29, 1.82) is 0 Å². The SMILES string of the molecule is COc1cc(NC(=O)CCNC(=O)c2cc(F)ccc2Br)cc(OC)c1. The molecule has 0 bridgehead atoms. The number of nitrogens with one attached hydrogen (secondary N) is 2. The molecule has 0 aliphatic carbocycles. The molecule has 138 valence electrons. The first-order chi connectivity index (χ1) is 12.4. The monoisotopic (exact) mass is 424 g/mol. The summed E-state index contributed by atoms with van der Waals surface area (Å²) in [5, 5.41) is 5.29. The molecule has 26 heavy (non-hydrogen) atoms. The topological polar surface area (TPSA) is 76.7 Å². The molecule has 2 rings (SSSR count). The van der Waals surface area contributed by atoms with Crippen molar-refractivity contribution in [2.24, 2.45) is 0 Å². The number of hydrogen-bond donors (Lipinski definition) is 2. The van der Waals surface area contributed by atoms with Gasteiger partial charge >= 0.3 is 0 Å². The number of amides is 2. The molecule has 0 radical (unpaired) electrons. The lowest BCUT2D eigenvalue weighted by Gasteiger charge is -2.10. The van der Waals surface area contributed by atoms with Gasteiger partial charge in [-0.1, -0.05) is 0 Å². The second kappa shape index (κ2) is 9.19. The summed E-state index contributed by atoms with van der Waals surface area (Å²) < 4.78 is 24.0. The van der Waals surface area contributed by atoms with E-state index < -0.39 is 11.7 Å². The summed E-state index contributed by atoms with van der Waals surface area (Å²) in [5.74, 6) is -0.179. The van der Waals surface area contributed by atoms with Gasteiger partial charge in [0.05, 0.1) is 19.8 Å². The van der Waals surface area contributed by atoms with Crippen LogP contribution in [0.2, 0.25) is 0 Å². The van der Waals surface area contributed by atoms with Crippen molar-refractivity contribution >= 4 is 33.4 Å². The summed E-state index contributed by atoms with van der Waals surface area (Å²) in [4.78, 5) is 24.1. The van der Waals surface area contributed by atoms with Crippen molar-refractivity contribution in [3.63, 3.8) is 0 Å². The Morgan fingerprint density at radius 1 is 1.08 bits per heavy atom. The average molecular weight is 425 g/mol. The predicted molar refractivity (Wildman–Crippen MR) is 99.2 cm³/mol. The maximum atomic E-state index is 13.2. The summed E-state index contributed by atoms with van der Waals surface area (Å²) in [6.07, 6.45) is 0.0538. The van der Waals surface area contributed by atoms with Crippen LogP contribution in [0.4, 0.5) is 10.1 Å². The second-order valence-corrected chi connectivity index (χ2v) is 6.13. The second-order valence-electron chi connectivity index (χ2n) is 5.28. The Morgan fingerprint density at radius 3 is 2.35 bits per heavy atom. The fourth-order valence-electron chi connectivity index (χ4n) is 2.16. The Balaban J connectivity index is 1.89. The summed E-state index contributed by atoms with van der Waals surface area (Å²) >= 11 is 3.19. The van der Waals surface area contributed by atoms with Gasteiger partial charge in [-0.3, -0.25) is 9.59 Å². The normalized spacial score (nSPS) is 10.2. The molecule has 6 nitrogen and oxygen atoms in total. The highest BCUT2D eigenvalue weighted by molar-refractivity contribution is 9.10. The van der Waals surface area contributed by atoms with Crippen molar-refractivity contribution < 1.29 is 23.5 Å². The van der Waals surface area contributed by atoms with E-state index in [1.54, 1.807) is 18.2 Å². The number of rotatable bonds is 7. The van der Waals surface area contributed by atoms with Crippen LogP contribution in [0.1, 0.15) is 16.8 Å². The summed E-state index contributed by atoms with van der Waals surface area (Å²) in [6, 6.07) is 8.82. The third kappa shape index (κ3) is 5.45. The van der Waals surface area contributed by atoms with Crippen LogP contribution < -0.4 is 20.1 Å². The van der Waals surface area contributed by atoms with Gasteiger partial charge in [-0.25, -0.2) is 4.39 Å². The Labute approximate surface area is 158 Å². The largest absolute Gasteiger partial charge is 0.497 e. The number of carbonyl (C=O) groups is 2. The minimum atomic E-state index is -0.511. The lowest BCUT2D eigenvalue weighted by Crippen LogP contribution is -2.28. The zero-order valence-electron chi connectivity index (χ0n) is 14.3. The standard InChI is InChI=1S/C18H18BrFN2O4/c1-25-13-8-12(9-14(10-13)26-2)22-17(23)5-6-21-18(24)15-7-11(20)3-4-16(15)19/h3-4,7-10H,5-6H2,1-2H3,(H,21,24)(H,22,23). The molecule has 0 spiro atoms. The number of halogens is 2. The maximum Gasteiger partial charge on any atom is 0.252 e. The van der Waals surface area contributed by atoms with Crippen molar-refractivity contribution in [2.45, 2.75) is 6.42 Å². The van der Waals surface area contributed by atoms with Gasteiger partial charge in [-0.2, -0.15) is 0 Å². The van der Waals surface area contributed by atoms with Gasteiger partial charge in [0.1, 0.15) is 17.3 Å².